The zero-order chi connectivity index (χ0) is 19.0. The number of ketones is 2. The Balaban J connectivity index is 1.86. The van der Waals surface area contributed by atoms with Crippen molar-refractivity contribution in [1.82, 2.24) is 4.90 Å². The number of benzene rings is 1. The van der Waals surface area contributed by atoms with Gasteiger partial charge in [0.15, 0.2) is 0 Å². The highest BCUT2D eigenvalue weighted by molar-refractivity contribution is 6.53. The van der Waals surface area contributed by atoms with Gasteiger partial charge in [-0.2, -0.15) is 0 Å². The van der Waals surface area contributed by atoms with Crippen molar-refractivity contribution in [2.24, 2.45) is 0 Å². The van der Waals surface area contributed by atoms with Crippen LogP contribution in [0, 0.1) is 0 Å². The second-order valence-electron chi connectivity index (χ2n) is 6.87. The fourth-order valence-electron chi connectivity index (χ4n) is 3.85. The summed E-state index contributed by atoms with van der Waals surface area (Å²) in [6.45, 7) is 4.14. The Morgan fingerprint density at radius 2 is 1.78 bits per heavy atom. The maximum atomic E-state index is 12.8. The van der Waals surface area contributed by atoms with Crippen molar-refractivity contribution in [3.05, 3.63) is 46.7 Å². The number of furan rings is 1. The molecule has 0 unspecified atom stereocenters. The Labute approximate surface area is 157 Å². The fraction of sp³-hybridized carbons (Fsp3) is 0.381. The van der Waals surface area contributed by atoms with Crippen molar-refractivity contribution in [3.63, 3.8) is 0 Å². The monoisotopic (exact) mass is 367 g/mol. The molecule has 0 N–H and O–H groups in total. The average molecular weight is 367 g/mol. The van der Waals surface area contributed by atoms with Crippen molar-refractivity contribution in [3.8, 4) is 11.3 Å². The number of esters is 1. The van der Waals surface area contributed by atoms with Gasteiger partial charge in [0, 0.05) is 11.1 Å². The number of ether oxygens (including phenoxy) is 1. The normalized spacial score (nSPS) is 16.8. The van der Waals surface area contributed by atoms with E-state index in [1.54, 1.807) is 31.2 Å². The lowest BCUT2D eigenvalue weighted by Gasteiger charge is -2.25. The largest absolute Gasteiger partial charge is 0.462 e. The Morgan fingerprint density at radius 3 is 2.48 bits per heavy atom. The number of Topliss-reactive ketones (excluding diaryl/α,β-unsaturated/α-hetero) is 2. The summed E-state index contributed by atoms with van der Waals surface area (Å²) < 4.78 is 11.2. The standard InChI is InChI=1S/C21H21NO5/c1-2-26-21(25)16-15(12-22-10-6-3-7-11-22)27-20-14-9-5-4-8-13(14)18(23)19(24)17(16)20/h4-5,8-9H,2-3,6-7,10-12H2,1H3. The van der Waals surface area contributed by atoms with Gasteiger partial charge in [-0.3, -0.25) is 14.5 Å². The van der Waals surface area contributed by atoms with Crippen LogP contribution >= 0.6 is 0 Å². The van der Waals surface area contributed by atoms with E-state index in [1.165, 1.54) is 6.42 Å². The second kappa shape index (κ2) is 7.12. The molecule has 0 radical (unpaired) electrons. The van der Waals surface area contributed by atoms with E-state index >= 15 is 0 Å². The molecule has 4 rings (SSSR count). The molecule has 6 heteroatoms. The van der Waals surface area contributed by atoms with Gasteiger partial charge in [-0.05, 0) is 32.9 Å². The molecule has 0 saturated carbocycles. The van der Waals surface area contributed by atoms with Crippen LogP contribution < -0.4 is 0 Å². The Bertz CT molecular complexity index is 921. The number of hydrogen-bond acceptors (Lipinski definition) is 6. The van der Waals surface area contributed by atoms with Gasteiger partial charge in [0.25, 0.3) is 0 Å². The quantitative estimate of drug-likeness (QED) is 0.608. The summed E-state index contributed by atoms with van der Waals surface area (Å²) >= 11 is 0. The van der Waals surface area contributed by atoms with Crippen LogP contribution in [0.2, 0.25) is 0 Å². The minimum Gasteiger partial charge on any atom is -0.462 e. The Morgan fingerprint density at radius 1 is 1.07 bits per heavy atom. The van der Waals surface area contributed by atoms with Gasteiger partial charge in [0.05, 0.1) is 18.7 Å². The number of likely N-dealkylation sites (tertiary alicyclic amines) is 1. The predicted molar refractivity (Wildman–Crippen MR) is 97.9 cm³/mol. The van der Waals surface area contributed by atoms with Gasteiger partial charge in [-0.15, -0.1) is 0 Å². The van der Waals surface area contributed by atoms with E-state index in [0.717, 1.165) is 25.9 Å². The molecule has 1 aromatic carbocycles. The van der Waals surface area contributed by atoms with E-state index in [2.05, 4.69) is 4.90 Å². The van der Waals surface area contributed by atoms with E-state index in [4.69, 9.17) is 9.15 Å². The number of hydrogen-bond donors (Lipinski definition) is 0. The van der Waals surface area contributed by atoms with Crippen LogP contribution in [0.4, 0.5) is 0 Å². The molecule has 140 valence electrons. The third-order valence-corrected chi connectivity index (χ3v) is 5.13. The molecule has 2 heterocycles. The van der Waals surface area contributed by atoms with Crippen molar-refractivity contribution in [2.45, 2.75) is 32.7 Å². The van der Waals surface area contributed by atoms with Gasteiger partial charge >= 0.3 is 5.97 Å². The van der Waals surface area contributed by atoms with Crippen LogP contribution in [0.5, 0.6) is 0 Å². The van der Waals surface area contributed by atoms with Gasteiger partial charge < -0.3 is 9.15 Å². The van der Waals surface area contributed by atoms with E-state index in [1.807, 2.05) is 0 Å². The molecule has 0 atom stereocenters. The first-order valence-corrected chi connectivity index (χ1v) is 9.35. The molecule has 1 aromatic heterocycles. The lowest BCUT2D eigenvalue weighted by Crippen LogP contribution is -2.30. The lowest BCUT2D eigenvalue weighted by molar-refractivity contribution is 0.0519. The molecular formula is C21H21NO5. The summed E-state index contributed by atoms with van der Waals surface area (Å²) in [4.78, 5) is 40.2. The number of nitrogens with zero attached hydrogens (tertiary/aromatic N) is 1. The smallest absolute Gasteiger partial charge is 0.342 e. The van der Waals surface area contributed by atoms with Gasteiger partial charge in [-0.25, -0.2) is 4.79 Å². The van der Waals surface area contributed by atoms with Crippen molar-refractivity contribution < 1.29 is 23.5 Å². The van der Waals surface area contributed by atoms with Crippen LogP contribution in [0.25, 0.3) is 11.3 Å². The SMILES string of the molecule is CCOC(=O)c1c(CN2CCCCC2)oc2c1C(=O)C(=O)c1ccccc1-2. The topological polar surface area (TPSA) is 76.8 Å². The van der Waals surface area contributed by atoms with Crippen LogP contribution in [-0.4, -0.2) is 42.1 Å². The summed E-state index contributed by atoms with van der Waals surface area (Å²) in [5.74, 6) is -1.24. The fourth-order valence-corrected chi connectivity index (χ4v) is 3.85. The third-order valence-electron chi connectivity index (χ3n) is 5.13. The number of carbonyl (C=O) groups excluding carboxylic acids is 3. The van der Waals surface area contributed by atoms with E-state index in [9.17, 15) is 14.4 Å². The molecule has 1 aliphatic heterocycles. The third kappa shape index (κ3) is 3.00. The molecule has 1 fully saturated rings. The van der Waals surface area contributed by atoms with E-state index < -0.39 is 17.5 Å². The average Bonchev–Trinajstić information content (AvgIpc) is 3.06. The molecule has 2 aliphatic rings. The first-order chi connectivity index (χ1) is 13.1. The molecule has 2 aromatic rings. The molecule has 1 aliphatic carbocycles. The number of rotatable bonds is 4. The molecule has 0 spiro atoms. The highest BCUT2D eigenvalue weighted by atomic mass is 16.5. The summed E-state index contributed by atoms with van der Waals surface area (Å²) in [6, 6.07) is 6.83. The zero-order valence-corrected chi connectivity index (χ0v) is 15.2. The molecular weight excluding hydrogens is 346 g/mol. The number of piperidine rings is 1. The lowest BCUT2D eigenvalue weighted by atomic mass is 9.86. The summed E-state index contributed by atoms with van der Waals surface area (Å²) in [6.07, 6.45) is 3.38. The van der Waals surface area contributed by atoms with Crippen LogP contribution in [0.1, 0.15) is 63.0 Å². The zero-order valence-electron chi connectivity index (χ0n) is 15.2. The molecule has 6 nitrogen and oxygen atoms in total. The summed E-state index contributed by atoms with van der Waals surface area (Å²) in [5, 5.41) is 0. The summed E-state index contributed by atoms with van der Waals surface area (Å²) in [5.41, 5.74) is 1.01. The van der Waals surface area contributed by atoms with E-state index in [0.29, 0.717) is 29.2 Å². The van der Waals surface area contributed by atoms with Gasteiger partial charge in [0.1, 0.15) is 17.1 Å². The maximum Gasteiger partial charge on any atom is 0.342 e. The minimum atomic E-state index is -0.708. The Kier molecular flexibility index (Phi) is 4.66. The maximum absolute atomic E-state index is 12.8. The predicted octanol–water partition coefficient (Wildman–Crippen LogP) is 3.49. The number of carbonyl (C=O) groups is 3. The first-order valence-electron chi connectivity index (χ1n) is 9.35. The van der Waals surface area contributed by atoms with Crippen LogP contribution in [0.15, 0.2) is 28.7 Å². The summed E-state index contributed by atoms with van der Waals surface area (Å²) in [7, 11) is 0. The molecule has 0 bridgehead atoms. The first kappa shape index (κ1) is 17.7. The molecule has 1 saturated heterocycles. The van der Waals surface area contributed by atoms with Gasteiger partial charge in [-0.1, -0.05) is 30.7 Å². The number of fused-ring (bicyclic) bond motifs is 3. The highest BCUT2D eigenvalue weighted by Crippen LogP contribution is 2.39. The highest BCUT2D eigenvalue weighted by Gasteiger charge is 2.40. The van der Waals surface area contributed by atoms with Crippen LogP contribution in [0.3, 0.4) is 0 Å². The Hall–Kier alpha value is -2.73. The van der Waals surface area contributed by atoms with Crippen molar-refractivity contribution in [1.29, 1.82) is 0 Å². The molecule has 27 heavy (non-hydrogen) atoms. The van der Waals surface area contributed by atoms with E-state index in [-0.39, 0.29) is 17.7 Å². The second-order valence-corrected chi connectivity index (χ2v) is 6.87. The van der Waals surface area contributed by atoms with Gasteiger partial charge in [0.2, 0.25) is 11.6 Å². The minimum absolute atomic E-state index is 0.0455. The van der Waals surface area contributed by atoms with Crippen molar-refractivity contribution in [2.75, 3.05) is 19.7 Å². The van der Waals surface area contributed by atoms with Crippen molar-refractivity contribution >= 4 is 17.5 Å². The molecule has 0 amide bonds. The van der Waals surface area contributed by atoms with Crippen LogP contribution in [-0.2, 0) is 11.3 Å².